The molecule has 2 heterocycles. The Morgan fingerprint density at radius 1 is 0.800 bits per heavy atom. The van der Waals surface area contributed by atoms with Gasteiger partial charge in [-0.3, -0.25) is 9.78 Å². The molecule has 0 saturated carbocycles. The molecule has 0 aliphatic heterocycles. The third kappa shape index (κ3) is 9.14. The van der Waals surface area contributed by atoms with Crippen molar-refractivity contribution >= 4 is 48.1 Å². The van der Waals surface area contributed by atoms with Crippen molar-refractivity contribution in [1.82, 2.24) is 4.98 Å². The van der Waals surface area contributed by atoms with E-state index >= 15 is 0 Å². The second-order valence-electron chi connectivity index (χ2n) is 16.5. The summed E-state index contributed by atoms with van der Waals surface area (Å²) in [6, 6.07) is 23.7. The van der Waals surface area contributed by atoms with Crippen LogP contribution in [0.25, 0.3) is 42.2 Å². The van der Waals surface area contributed by atoms with E-state index in [1.54, 1.807) is 0 Å². The Morgan fingerprint density at radius 2 is 1.42 bits per heavy atom. The molecule has 0 spiro atoms. The first-order valence-electron chi connectivity index (χ1n) is 18.1. The van der Waals surface area contributed by atoms with Crippen LogP contribution in [0.3, 0.4) is 0 Å². The summed E-state index contributed by atoms with van der Waals surface area (Å²) in [4.78, 5) is 17.0. The molecule has 1 radical (unpaired) electrons. The SMILES string of the molecule is CC(C)(C)Cc1ccc2c(c1)sc1c(-c3[c-]c4ccccc4c(C(C)(C)C)c3)nccc12.CCC(C)(CC)C(=O)/C=C(\O)C(C)(CC)CC.[Ir]. The summed E-state index contributed by atoms with van der Waals surface area (Å²) in [5.74, 6) is 0.286. The summed E-state index contributed by atoms with van der Waals surface area (Å²) in [5.41, 5.74) is 4.58. The molecular weight excluding hydrogens is 811 g/mol. The Kier molecular flexibility index (Phi) is 13.5. The van der Waals surface area contributed by atoms with E-state index in [1.807, 2.05) is 59.1 Å². The summed E-state index contributed by atoms with van der Waals surface area (Å²) in [7, 11) is 0. The standard InChI is InChI=1S/C30H30NS.C15H28O2.Ir/c1-29(2,3)18-19-11-12-23-24-13-14-31-27(28(24)32-26(23)15-19)21-16-20-9-7-8-10-22(20)25(17-21)30(4,5)6;1-7-14(5,8-2)12(16)11-13(17)15(6,9-3)10-4;/h7-15,17H,18H2,1-6H3;11,16H,7-10H2,1-6H3;/q-1;;/b;12-11-;. The van der Waals surface area contributed by atoms with Gasteiger partial charge in [-0.05, 0) is 71.4 Å². The van der Waals surface area contributed by atoms with Crippen molar-refractivity contribution in [3.63, 3.8) is 0 Å². The molecule has 3 nitrogen and oxygen atoms in total. The van der Waals surface area contributed by atoms with Crippen molar-refractivity contribution in [3.05, 3.63) is 89.8 Å². The van der Waals surface area contributed by atoms with Crippen molar-refractivity contribution in [2.45, 2.75) is 121 Å². The fraction of sp³-hybridized carbons (Fsp3) is 0.467. The van der Waals surface area contributed by atoms with Crippen molar-refractivity contribution < 1.29 is 30.0 Å². The van der Waals surface area contributed by atoms with Gasteiger partial charge in [0.1, 0.15) is 5.76 Å². The molecule has 5 aromatic rings. The van der Waals surface area contributed by atoms with Crippen molar-refractivity contribution in [3.8, 4) is 11.3 Å². The molecule has 0 bridgehead atoms. The first-order chi connectivity index (χ1) is 22.9. The van der Waals surface area contributed by atoms with Gasteiger partial charge >= 0.3 is 0 Å². The van der Waals surface area contributed by atoms with Gasteiger partial charge in [0.15, 0.2) is 5.78 Å². The van der Waals surface area contributed by atoms with E-state index in [0.717, 1.165) is 48.7 Å². The zero-order valence-electron chi connectivity index (χ0n) is 32.4. The van der Waals surface area contributed by atoms with Crippen LogP contribution in [0, 0.1) is 22.3 Å². The maximum atomic E-state index is 12.2. The molecule has 0 atom stereocenters. The van der Waals surface area contributed by atoms with Gasteiger partial charge in [-0.2, -0.15) is 0 Å². The molecule has 0 aliphatic carbocycles. The van der Waals surface area contributed by atoms with Crippen molar-refractivity contribution in [2.24, 2.45) is 16.2 Å². The van der Waals surface area contributed by atoms with Crippen LogP contribution in [0.2, 0.25) is 0 Å². The normalized spacial score (nSPS) is 12.9. The minimum absolute atomic E-state index is 0. The number of carbonyl (C=O) groups is 1. The fourth-order valence-corrected chi connectivity index (χ4v) is 7.59. The first-order valence-corrected chi connectivity index (χ1v) is 18.9. The molecule has 0 fully saturated rings. The van der Waals surface area contributed by atoms with Gasteiger partial charge in [-0.1, -0.05) is 124 Å². The summed E-state index contributed by atoms with van der Waals surface area (Å²) in [6.07, 6.45) is 7.78. The average Bonchev–Trinajstić information content (AvgIpc) is 3.44. The molecule has 0 unspecified atom stereocenters. The van der Waals surface area contributed by atoms with Crippen LogP contribution in [0.1, 0.15) is 120 Å². The average molecular weight is 869 g/mol. The molecule has 0 saturated heterocycles. The van der Waals surface area contributed by atoms with Gasteiger partial charge in [0.25, 0.3) is 0 Å². The van der Waals surface area contributed by atoms with E-state index in [9.17, 15) is 9.90 Å². The maximum absolute atomic E-state index is 12.2. The summed E-state index contributed by atoms with van der Waals surface area (Å²) < 4.78 is 2.59. The molecule has 1 N–H and O–H groups in total. The Balaban J connectivity index is 0.000000323. The molecule has 3 aromatic carbocycles. The molecular formula is C45H58IrNO2S-. The maximum Gasteiger partial charge on any atom is 0.164 e. The molecule has 2 aromatic heterocycles. The zero-order valence-corrected chi connectivity index (χ0v) is 35.6. The quantitative estimate of drug-likeness (QED) is 0.0912. The number of hydrogen-bond donors (Lipinski definition) is 1. The summed E-state index contributed by atoms with van der Waals surface area (Å²) in [6.45, 7) is 25.8. The number of hydrogen-bond acceptors (Lipinski definition) is 4. The number of ketones is 1. The predicted molar refractivity (Wildman–Crippen MR) is 214 cm³/mol. The molecule has 0 amide bonds. The van der Waals surface area contributed by atoms with E-state index in [1.165, 1.54) is 42.8 Å². The van der Waals surface area contributed by atoms with Gasteiger partial charge in [0.05, 0.1) is 0 Å². The monoisotopic (exact) mass is 869 g/mol. The van der Waals surface area contributed by atoms with Crippen LogP contribution in [0.4, 0.5) is 0 Å². The van der Waals surface area contributed by atoms with E-state index in [-0.39, 0.29) is 53.3 Å². The van der Waals surface area contributed by atoms with Crippen LogP contribution < -0.4 is 0 Å². The molecule has 0 aliphatic rings. The third-order valence-electron chi connectivity index (χ3n) is 10.6. The number of allylic oxidation sites excluding steroid dienone is 2. The Labute approximate surface area is 319 Å². The predicted octanol–water partition coefficient (Wildman–Crippen LogP) is 13.6. The smallest absolute Gasteiger partial charge is 0.164 e. The number of rotatable bonds is 9. The van der Waals surface area contributed by atoms with Crippen molar-refractivity contribution in [1.29, 1.82) is 0 Å². The number of nitrogens with zero attached hydrogens (tertiary/aromatic N) is 1. The molecule has 5 rings (SSSR count). The molecule has 5 heteroatoms. The largest absolute Gasteiger partial charge is 0.512 e. The second-order valence-corrected chi connectivity index (χ2v) is 17.6. The van der Waals surface area contributed by atoms with Gasteiger partial charge in [0.2, 0.25) is 0 Å². The number of aliphatic hydroxyl groups is 1. The van der Waals surface area contributed by atoms with E-state index in [0.29, 0.717) is 0 Å². The van der Waals surface area contributed by atoms with E-state index in [4.69, 9.17) is 4.98 Å². The van der Waals surface area contributed by atoms with Gasteiger partial charge in [-0.15, -0.1) is 40.5 Å². The minimum atomic E-state index is -0.337. The van der Waals surface area contributed by atoms with Gasteiger partial charge < -0.3 is 5.11 Å². The first kappa shape index (κ1) is 41.6. The van der Waals surface area contributed by atoms with Gasteiger partial charge in [0, 0.05) is 58.3 Å². The number of pyridine rings is 1. The Bertz CT molecular complexity index is 1960. The summed E-state index contributed by atoms with van der Waals surface area (Å²) in [5, 5.41) is 15.2. The number of aliphatic hydroxyl groups excluding tert-OH is 1. The fourth-order valence-electron chi connectivity index (χ4n) is 6.32. The van der Waals surface area contributed by atoms with Crippen molar-refractivity contribution in [2.75, 3.05) is 0 Å². The number of thiophene rings is 1. The zero-order chi connectivity index (χ0) is 36.4. The topological polar surface area (TPSA) is 50.2 Å². The minimum Gasteiger partial charge on any atom is -0.512 e. The number of carbonyl (C=O) groups excluding carboxylic acids is 1. The molecule has 271 valence electrons. The molecule has 50 heavy (non-hydrogen) atoms. The van der Waals surface area contributed by atoms with Crippen LogP contribution in [-0.2, 0) is 36.7 Å². The number of fused-ring (bicyclic) bond motifs is 4. The Hall–Kier alpha value is -2.85. The van der Waals surface area contributed by atoms with Crippen LogP contribution in [0.15, 0.2) is 72.6 Å². The van der Waals surface area contributed by atoms with Gasteiger partial charge in [-0.25, -0.2) is 0 Å². The van der Waals surface area contributed by atoms with Crippen LogP contribution in [0.5, 0.6) is 0 Å². The van der Waals surface area contributed by atoms with E-state index in [2.05, 4.69) is 102 Å². The summed E-state index contributed by atoms with van der Waals surface area (Å²) >= 11 is 1.86. The van der Waals surface area contributed by atoms with Crippen LogP contribution >= 0.6 is 11.3 Å². The third-order valence-corrected chi connectivity index (χ3v) is 11.8. The van der Waals surface area contributed by atoms with Crippen LogP contribution in [-0.4, -0.2) is 15.9 Å². The Morgan fingerprint density at radius 3 is 2.00 bits per heavy atom. The second kappa shape index (κ2) is 16.2. The number of aromatic nitrogens is 1. The van der Waals surface area contributed by atoms with E-state index < -0.39 is 0 Å². The number of benzene rings is 3.